The first-order chi connectivity index (χ1) is 11.3. The highest BCUT2D eigenvalue weighted by Gasteiger charge is 2.25. The molecule has 23 heavy (non-hydrogen) atoms. The van der Waals surface area contributed by atoms with E-state index in [-0.39, 0.29) is 18.1 Å². The molecule has 5 heteroatoms. The number of pyridine rings is 1. The normalized spacial score (nSPS) is 20.7. The third-order valence-corrected chi connectivity index (χ3v) is 4.01. The van der Waals surface area contributed by atoms with E-state index in [2.05, 4.69) is 10.3 Å². The van der Waals surface area contributed by atoms with E-state index in [1.807, 2.05) is 30.5 Å². The molecule has 0 spiro atoms. The first-order valence-corrected chi connectivity index (χ1v) is 7.72. The van der Waals surface area contributed by atoms with Crippen LogP contribution in [-0.2, 0) is 4.74 Å². The molecule has 3 rings (SSSR count). The van der Waals surface area contributed by atoms with Gasteiger partial charge in [0, 0.05) is 30.6 Å². The lowest BCUT2D eigenvalue weighted by atomic mass is 9.98. The Kier molecular flexibility index (Phi) is 4.88. The fraction of sp³-hybridized carbons (Fsp3) is 0.333. The number of carbonyl (C=O) groups is 1. The molecule has 0 unspecified atom stereocenters. The van der Waals surface area contributed by atoms with Gasteiger partial charge in [0.1, 0.15) is 5.75 Å². The van der Waals surface area contributed by atoms with Gasteiger partial charge in [0.15, 0.2) is 0 Å². The summed E-state index contributed by atoms with van der Waals surface area (Å²) in [7, 11) is 1.59. The minimum atomic E-state index is -0.0827. The van der Waals surface area contributed by atoms with E-state index in [0.717, 1.165) is 18.4 Å². The smallest absolute Gasteiger partial charge is 0.251 e. The molecule has 1 aromatic heterocycles. The molecule has 1 saturated heterocycles. The number of hydrogen-bond acceptors (Lipinski definition) is 4. The lowest BCUT2D eigenvalue weighted by molar-refractivity contribution is 0.000723. The fourth-order valence-corrected chi connectivity index (χ4v) is 2.76. The summed E-state index contributed by atoms with van der Waals surface area (Å²) in [5, 5.41) is 3.09. The maximum absolute atomic E-state index is 12.4. The summed E-state index contributed by atoms with van der Waals surface area (Å²) < 4.78 is 11.0. The number of nitrogens with one attached hydrogen (secondary N) is 1. The number of aromatic nitrogens is 1. The third kappa shape index (κ3) is 3.87. The Morgan fingerprint density at radius 1 is 1.35 bits per heavy atom. The van der Waals surface area contributed by atoms with Gasteiger partial charge in [-0.3, -0.25) is 9.78 Å². The lowest BCUT2D eigenvalue weighted by Crippen LogP contribution is -2.39. The van der Waals surface area contributed by atoms with Crippen LogP contribution < -0.4 is 10.1 Å². The summed E-state index contributed by atoms with van der Waals surface area (Å²) in [5.41, 5.74) is 1.65. The summed E-state index contributed by atoms with van der Waals surface area (Å²) in [6.45, 7) is 0.628. The molecule has 2 atom stereocenters. The predicted molar refractivity (Wildman–Crippen MR) is 86.4 cm³/mol. The Morgan fingerprint density at radius 3 is 3.04 bits per heavy atom. The van der Waals surface area contributed by atoms with Crippen LogP contribution in [0.15, 0.2) is 48.8 Å². The quantitative estimate of drug-likeness (QED) is 0.943. The van der Waals surface area contributed by atoms with Crippen molar-refractivity contribution in [2.24, 2.45) is 0 Å². The maximum Gasteiger partial charge on any atom is 0.251 e. The van der Waals surface area contributed by atoms with E-state index in [1.165, 1.54) is 0 Å². The average Bonchev–Trinajstić information content (AvgIpc) is 2.63. The summed E-state index contributed by atoms with van der Waals surface area (Å²) in [4.78, 5) is 16.5. The Hall–Kier alpha value is -2.40. The molecule has 1 fully saturated rings. The molecule has 5 nitrogen and oxygen atoms in total. The summed E-state index contributed by atoms with van der Waals surface area (Å²) in [6.07, 6.45) is 5.10. The van der Waals surface area contributed by atoms with E-state index in [0.29, 0.717) is 17.9 Å². The van der Waals surface area contributed by atoms with Crippen molar-refractivity contribution in [3.8, 4) is 5.75 Å². The van der Waals surface area contributed by atoms with Gasteiger partial charge >= 0.3 is 0 Å². The van der Waals surface area contributed by atoms with Gasteiger partial charge in [-0.2, -0.15) is 0 Å². The number of hydrogen-bond donors (Lipinski definition) is 1. The molecule has 1 aliphatic heterocycles. The van der Waals surface area contributed by atoms with Crippen molar-refractivity contribution in [3.05, 3.63) is 59.9 Å². The lowest BCUT2D eigenvalue weighted by Gasteiger charge is -2.30. The largest absolute Gasteiger partial charge is 0.497 e. The minimum Gasteiger partial charge on any atom is -0.497 e. The van der Waals surface area contributed by atoms with Crippen molar-refractivity contribution in [2.45, 2.75) is 25.0 Å². The van der Waals surface area contributed by atoms with Crippen LogP contribution in [0.2, 0.25) is 0 Å². The Labute approximate surface area is 135 Å². The first-order valence-electron chi connectivity index (χ1n) is 7.72. The Balaban J connectivity index is 1.64. The molecule has 0 bridgehead atoms. The van der Waals surface area contributed by atoms with Gasteiger partial charge in [0.25, 0.3) is 5.91 Å². The highest BCUT2D eigenvalue weighted by Crippen LogP contribution is 2.27. The first kappa shape index (κ1) is 15.5. The third-order valence-electron chi connectivity index (χ3n) is 4.01. The summed E-state index contributed by atoms with van der Waals surface area (Å²) >= 11 is 0. The molecular formula is C18H20N2O3. The van der Waals surface area contributed by atoms with Crippen LogP contribution in [0.4, 0.5) is 0 Å². The molecule has 120 valence electrons. The number of methoxy groups -OCH3 is 1. The van der Waals surface area contributed by atoms with Crippen molar-refractivity contribution in [2.75, 3.05) is 13.7 Å². The monoisotopic (exact) mass is 312 g/mol. The summed E-state index contributed by atoms with van der Waals surface area (Å²) in [5.74, 6) is 0.596. The van der Waals surface area contributed by atoms with Crippen molar-refractivity contribution in [3.63, 3.8) is 0 Å². The molecule has 1 aliphatic rings. The second kappa shape index (κ2) is 7.24. The zero-order valence-corrected chi connectivity index (χ0v) is 13.1. The zero-order valence-electron chi connectivity index (χ0n) is 13.1. The highest BCUT2D eigenvalue weighted by molar-refractivity contribution is 5.94. The van der Waals surface area contributed by atoms with Crippen LogP contribution in [0.1, 0.15) is 34.9 Å². The van der Waals surface area contributed by atoms with E-state index >= 15 is 0 Å². The molecule has 2 aromatic rings. The molecule has 0 radical (unpaired) electrons. The molecule has 2 heterocycles. The van der Waals surface area contributed by atoms with Crippen molar-refractivity contribution >= 4 is 5.91 Å². The second-order valence-corrected chi connectivity index (χ2v) is 5.57. The van der Waals surface area contributed by atoms with E-state index in [4.69, 9.17) is 9.47 Å². The standard InChI is InChI=1S/C18H20N2O3/c1-22-16-6-2-4-13(10-16)18(21)20-15-7-9-23-17(11-15)14-5-3-8-19-12-14/h2-6,8,10,12,15,17H,7,9,11H2,1H3,(H,20,21)/t15-,17-/m0/s1. The highest BCUT2D eigenvalue weighted by atomic mass is 16.5. The minimum absolute atomic E-state index is 0.0203. The number of carbonyl (C=O) groups excluding carboxylic acids is 1. The molecule has 1 aromatic carbocycles. The van der Waals surface area contributed by atoms with E-state index in [9.17, 15) is 4.79 Å². The average molecular weight is 312 g/mol. The molecule has 0 aliphatic carbocycles. The number of ether oxygens (including phenoxy) is 2. The Bertz CT molecular complexity index is 660. The van der Waals surface area contributed by atoms with Gasteiger partial charge in [-0.15, -0.1) is 0 Å². The van der Waals surface area contributed by atoms with Crippen molar-refractivity contribution in [1.29, 1.82) is 0 Å². The van der Waals surface area contributed by atoms with Crippen LogP contribution in [0, 0.1) is 0 Å². The van der Waals surface area contributed by atoms with Crippen LogP contribution in [0.3, 0.4) is 0 Å². The van der Waals surface area contributed by atoms with Gasteiger partial charge in [0.2, 0.25) is 0 Å². The molecular weight excluding hydrogens is 292 g/mol. The Morgan fingerprint density at radius 2 is 2.26 bits per heavy atom. The maximum atomic E-state index is 12.4. The number of benzene rings is 1. The van der Waals surface area contributed by atoms with Gasteiger partial charge in [-0.05, 0) is 42.7 Å². The number of rotatable bonds is 4. The summed E-state index contributed by atoms with van der Waals surface area (Å²) in [6, 6.07) is 11.2. The van der Waals surface area contributed by atoms with Gasteiger partial charge in [0.05, 0.1) is 13.2 Å². The van der Waals surface area contributed by atoms with E-state index < -0.39 is 0 Å². The fourth-order valence-electron chi connectivity index (χ4n) is 2.76. The molecule has 1 N–H and O–H groups in total. The number of amides is 1. The van der Waals surface area contributed by atoms with Crippen LogP contribution in [0.25, 0.3) is 0 Å². The molecule has 1 amide bonds. The topological polar surface area (TPSA) is 60.5 Å². The predicted octanol–water partition coefficient (Wildman–Crippen LogP) is 2.74. The second-order valence-electron chi connectivity index (χ2n) is 5.57. The van der Waals surface area contributed by atoms with Gasteiger partial charge < -0.3 is 14.8 Å². The van der Waals surface area contributed by atoms with Gasteiger partial charge in [-0.25, -0.2) is 0 Å². The van der Waals surface area contributed by atoms with Crippen LogP contribution >= 0.6 is 0 Å². The number of nitrogens with zero attached hydrogens (tertiary/aromatic N) is 1. The van der Waals surface area contributed by atoms with E-state index in [1.54, 1.807) is 25.4 Å². The van der Waals surface area contributed by atoms with Crippen LogP contribution in [-0.4, -0.2) is 30.6 Å². The van der Waals surface area contributed by atoms with Gasteiger partial charge in [-0.1, -0.05) is 12.1 Å². The zero-order chi connectivity index (χ0) is 16.1. The molecule has 0 saturated carbocycles. The van der Waals surface area contributed by atoms with Crippen molar-refractivity contribution < 1.29 is 14.3 Å². The van der Waals surface area contributed by atoms with Crippen LogP contribution in [0.5, 0.6) is 5.75 Å². The van der Waals surface area contributed by atoms with Crippen molar-refractivity contribution in [1.82, 2.24) is 10.3 Å². The SMILES string of the molecule is COc1cccc(C(=O)N[C@H]2CCO[C@H](c3cccnc3)C2)c1.